The van der Waals surface area contributed by atoms with E-state index in [1.54, 1.807) is 0 Å². The zero-order chi connectivity index (χ0) is 11.8. The van der Waals surface area contributed by atoms with Crippen molar-refractivity contribution < 1.29 is 0 Å². The molecule has 0 aliphatic heterocycles. The van der Waals surface area contributed by atoms with E-state index in [1.807, 2.05) is 11.3 Å². The molecule has 1 aliphatic carbocycles. The number of hydrogen-bond acceptors (Lipinski definition) is 2. The Labute approximate surface area is 118 Å². The Morgan fingerprint density at radius 2 is 2.00 bits per heavy atom. The smallest absolute Gasteiger partial charge is 0.0843 e. The van der Waals surface area contributed by atoms with E-state index in [9.17, 15) is 0 Å². The van der Waals surface area contributed by atoms with Gasteiger partial charge in [0.2, 0.25) is 0 Å². The summed E-state index contributed by atoms with van der Waals surface area (Å²) in [7, 11) is 2.08. The van der Waals surface area contributed by atoms with Crippen molar-refractivity contribution in [3.63, 3.8) is 0 Å². The van der Waals surface area contributed by atoms with E-state index in [0.29, 0.717) is 11.5 Å². The zero-order valence-corrected chi connectivity index (χ0v) is 13.6. The molecular weight excluding hydrogens is 350 g/mol. The summed E-state index contributed by atoms with van der Waals surface area (Å²) in [6.45, 7) is 2.42. The second-order valence-corrected chi connectivity index (χ2v) is 8.11. The molecular formula is C12H17Br2NS. The molecule has 90 valence electrons. The van der Waals surface area contributed by atoms with Gasteiger partial charge in [0.25, 0.3) is 0 Å². The highest BCUT2D eigenvalue weighted by molar-refractivity contribution is 9.13. The van der Waals surface area contributed by atoms with Crippen molar-refractivity contribution in [3.05, 3.63) is 19.2 Å². The molecule has 1 aromatic rings. The summed E-state index contributed by atoms with van der Waals surface area (Å²) in [5.74, 6) is 0. The van der Waals surface area contributed by atoms with Gasteiger partial charge in [0, 0.05) is 15.4 Å². The third kappa shape index (κ3) is 2.40. The molecule has 1 fully saturated rings. The maximum Gasteiger partial charge on any atom is 0.0843 e. The monoisotopic (exact) mass is 365 g/mol. The van der Waals surface area contributed by atoms with Crippen LogP contribution in [0, 0.1) is 5.41 Å². The molecule has 0 radical (unpaired) electrons. The van der Waals surface area contributed by atoms with Crippen LogP contribution in [0.1, 0.15) is 43.5 Å². The van der Waals surface area contributed by atoms with E-state index in [0.717, 1.165) is 0 Å². The van der Waals surface area contributed by atoms with Gasteiger partial charge in [0.15, 0.2) is 0 Å². The van der Waals surface area contributed by atoms with E-state index in [2.05, 4.69) is 57.2 Å². The molecule has 1 N–H and O–H groups in total. The normalized spacial score (nSPS) is 21.2. The number of halogens is 2. The predicted octanol–water partition coefficient (Wildman–Crippen LogP) is 5.11. The average molecular weight is 367 g/mol. The lowest BCUT2D eigenvalue weighted by atomic mass is 9.80. The fourth-order valence-electron chi connectivity index (χ4n) is 2.81. The number of hydrogen-bond donors (Lipinski definition) is 1. The number of nitrogens with one attached hydrogen (secondary N) is 1. The van der Waals surface area contributed by atoms with Crippen LogP contribution in [-0.4, -0.2) is 7.05 Å². The minimum atomic E-state index is 0.429. The highest BCUT2D eigenvalue weighted by Crippen LogP contribution is 2.49. The molecule has 0 bridgehead atoms. The third-order valence-electron chi connectivity index (χ3n) is 3.68. The van der Waals surface area contributed by atoms with Gasteiger partial charge < -0.3 is 5.32 Å². The Balaban J connectivity index is 2.28. The lowest BCUT2D eigenvalue weighted by Gasteiger charge is -2.33. The van der Waals surface area contributed by atoms with Crippen molar-refractivity contribution in [2.75, 3.05) is 7.05 Å². The highest BCUT2D eigenvalue weighted by Gasteiger charge is 2.37. The van der Waals surface area contributed by atoms with Crippen molar-refractivity contribution in [2.24, 2.45) is 5.41 Å². The Kier molecular flexibility index (Phi) is 4.15. The first-order chi connectivity index (χ1) is 7.57. The van der Waals surface area contributed by atoms with E-state index < -0.39 is 0 Å². The second kappa shape index (κ2) is 5.09. The molecule has 1 aliphatic rings. The first-order valence-corrected chi connectivity index (χ1v) is 8.09. The largest absolute Gasteiger partial charge is 0.312 e. The standard InChI is InChI=1S/C12H17Br2NS/c1-12(5-3-4-6-12)10(15-2)9-7-8(13)11(14)16-9/h7,10,15H,3-6H2,1-2H3. The molecule has 2 rings (SSSR count). The van der Waals surface area contributed by atoms with Gasteiger partial charge in [-0.25, -0.2) is 0 Å². The molecule has 1 nitrogen and oxygen atoms in total. The topological polar surface area (TPSA) is 12.0 Å². The van der Waals surface area contributed by atoms with Crippen LogP contribution in [0.15, 0.2) is 14.3 Å². The molecule has 16 heavy (non-hydrogen) atoms. The second-order valence-electron chi connectivity index (χ2n) is 4.85. The van der Waals surface area contributed by atoms with Crippen molar-refractivity contribution in [1.29, 1.82) is 0 Å². The van der Waals surface area contributed by atoms with Gasteiger partial charge in [-0.15, -0.1) is 11.3 Å². The fourth-order valence-corrected chi connectivity index (χ4v) is 5.19. The summed E-state index contributed by atoms with van der Waals surface area (Å²) in [5.41, 5.74) is 0.429. The summed E-state index contributed by atoms with van der Waals surface area (Å²) in [4.78, 5) is 1.44. The summed E-state index contributed by atoms with van der Waals surface area (Å²) in [6.07, 6.45) is 5.43. The molecule has 1 aromatic heterocycles. The first-order valence-electron chi connectivity index (χ1n) is 5.69. The van der Waals surface area contributed by atoms with Crippen LogP contribution in [0.4, 0.5) is 0 Å². The van der Waals surface area contributed by atoms with E-state index in [4.69, 9.17) is 0 Å². The van der Waals surface area contributed by atoms with Crippen LogP contribution in [-0.2, 0) is 0 Å². The molecule has 0 amide bonds. The van der Waals surface area contributed by atoms with Gasteiger partial charge in [0.05, 0.1) is 3.79 Å². The maximum absolute atomic E-state index is 3.58. The quantitative estimate of drug-likeness (QED) is 0.783. The molecule has 0 spiro atoms. The Bertz CT molecular complexity index is 350. The number of rotatable bonds is 3. The molecule has 1 atom stereocenters. The van der Waals surface area contributed by atoms with E-state index >= 15 is 0 Å². The summed E-state index contributed by atoms with van der Waals surface area (Å²) in [6, 6.07) is 2.74. The van der Waals surface area contributed by atoms with Crippen LogP contribution in [0.5, 0.6) is 0 Å². The summed E-state index contributed by atoms with van der Waals surface area (Å²) in [5, 5.41) is 3.51. The van der Waals surface area contributed by atoms with Gasteiger partial charge in [-0.2, -0.15) is 0 Å². The molecule has 1 saturated carbocycles. The van der Waals surface area contributed by atoms with Crippen molar-refractivity contribution in [2.45, 2.75) is 38.6 Å². The summed E-state index contributed by atoms with van der Waals surface area (Å²) < 4.78 is 2.37. The van der Waals surface area contributed by atoms with Crippen LogP contribution in [0.3, 0.4) is 0 Å². The third-order valence-corrected chi connectivity index (χ3v) is 7.00. The molecule has 0 aromatic carbocycles. The zero-order valence-electron chi connectivity index (χ0n) is 9.65. The maximum atomic E-state index is 3.58. The predicted molar refractivity (Wildman–Crippen MR) is 78.1 cm³/mol. The van der Waals surface area contributed by atoms with Crippen LogP contribution in [0.25, 0.3) is 0 Å². The Morgan fingerprint density at radius 3 is 2.44 bits per heavy atom. The van der Waals surface area contributed by atoms with Gasteiger partial charge in [-0.1, -0.05) is 19.8 Å². The van der Waals surface area contributed by atoms with E-state index in [1.165, 1.54) is 38.8 Å². The molecule has 1 heterocycles. The molecule has 0 saturated heterocycles. The Morgan fingerprint density at radius 1 is 1.38 bits per heavy atom. The van der Waals surface area contributed by atoms with Gasteiger partial charge in [0.1, 0.15) is 0 Å². The van der Waals surface area contributed by atoms with Crippen LogP contribution < -0.4 is 5.32 Å². The van der Waals surface area contributed by atoms with Gasteiger partial charge in [-0.05, 0) is 63.2 Å². The van der Waals surface area contributed by atoms with Crippen molar-refractivity contribution >= 4 is 43.2 Å². The Hall–Kier alpha value is 0.620. The SMILES string of the molecule is CNC(c1cc(Br)c(Br)s1)C1(C)CCCC1. The van der Waals surface area contributed by atoms with Crippen LogP contribution >= 0.6 is 43.2 Å². The molecule has 4 heteroatoms. The summed E-state index contributed by atoms with van der Waals surface area (Å²) >= 11 is 9.00. The van der Waals surface area contributed by atoms with Crippen LogP contribution in [0.2, 0.25) is 0 Å². The van der Waals surface area contributed by atoms with Crippen molar-refractivity contribution in [1.82, 2.24) is 5.32 Å². The first kappa shape index (κ1) is 13.1. The minimum absolute atomic E-state index is 0.429. The fraction of sp³-hybridized carbons (Fsp3) is 0.667. The average Bonchev–Trinajstić information content (AvgIpc) is 2.77. The van der Waals surface area contributed by atoms with Crippen molar-refractivity contribution in [3.8, 4) is 0 Å². The number of thiophene rings is 1. The molecule has 1 unspecified atom stereocenters. The lowest BCUT2D eigenvalue weighted by Crippen LogP contribution is -2.31. The highest BCUT2D eigenvalue weighted by atomic mass is 79.9. The van der Waals surface area contributed by atoms with E-state index in [-0.39, 0.29) is 0 Å². The minimum Gasteiger partial charge on any atom is -0.312 e. The lowest BCUT2D eigenvalue weighted by molar-refractivity contribution is 0.237. The van der Waals surface area contributed by atoms with Gasteiger partial charge >= 0.3 is 0 Å². The van der Waals surface area contributed by atoms with Gasteiger partial charge in [-0.3, -0.25) is 0 Å².